The van der Waals surface area contributed by atoms with Gasteiger partial charge in [-0.25, -0.2) is 4.79 Å². The third-order valence-corrected chi connectivity index (χ3v) is 9.12. The number of amides is 6. The molecule has 5 atom stereocenters. The molecule has 1 aromatic carbocycles. The Labute approximate surface area is 284 Å². The van der Waals surface area contributed by atoms with E-state index >= 15 is 0 Å². The lowest BCUT2D eigenvalue weighted by atomic mass is 9.85. The smallest absolute Gasteiger partial charge is 0.315 e. The molecule has 0 aromatic heterocycles. The summed E-state index contributed by atoms with van der Waals surface area (Å²) < 4.78 is 0. The van der Waals surface area contributed by atoms with Crippen molar-refractivity contribution < 1.29 is 28.8 Å². The normalized spacial score (nSPS) is 20.8. The predicted octanol–water partition coefficient (Wildman–Crippen LogP) is 2.82. The first-order valence-electron chi connectivity index (χ1n) is 16.7. The van der Waals surface area contributed by atoms with Crippen molar-refractivity contribution in [2.24, 2.45) is 22.7 Å². The van der Waals surface area contributed by atoms with Crippen LogP contribution in [0, 0.1) is 22.7 Å². The largest absolute Gasteiger partial charge is 0.352 e. The number of ketones is 1. The van der Waals surface area contributed by atoms with Crippen LogP contribution >= 0.6 is 0 Å². The molecule has 12 nitrogen and oxygen atoms in total. The minimum Gasteiger partial charge on any atom is -0.352 e. The number of nitrogens with one attached hydrogen (secondary N) is 5. The highest BCUT2D eigenvalue weighted by Gasteiger charge is 2.70. The van der Waals surface area contributed by atoms with Crippen molar-refractivity contribution in [2.75, 3.05) is 13.1 Å². The minimum absolute atomic E-state index is 0.0242. The lowest BCUT2D eigenvalue weighted by molar-refractivity contribution is -0.145. The van der Waals surface area contributed by atoms with Crippen LogP contribution in [-0.4, -0.2) is 77.1 Å². The van der Waals surface area contributed by atoms with Gasteiger partial charge in [0.1, 0.15) is 12.1 Å². The van der Waals surface area contributed by atoms with Crippen molar-refractivity contribution in [3.05, 3.63) is 48.6 Å². The molecule has 5 N–H and O–H groups in total. The lowest BCUT2D eigenvalue weighted by Gasteiger charge is -2.38. The molecule has 3 rings (SSSR count). The molecule has 0 spiro atoms. The molecule has 48 heavy (non-hydrogen) atoms. The Hall–Kier alpha value is -4.22. The van der Waals surface area contributed by atoms with Crippen molar-refractivity contribution in [1.82, 2.24) is 31.5 Å². The van der Waals surface area contributed by atoms with Gasteiger partial charge in [-0.15, -0.1) is 6.58 Å². The summed E-state index contributed by atoms with van der Waals surface area (Å²) in [7, 11) is 0. The molecular weight excluding hydrogens is 612 g/mol. The first-order valence-corrected chi connectivity index (χ1v) is 16.7. The standard InChI is InChI=1S/C36H54N6O6/c1-10-11-17-24(28(44)31(46)37-19-18-25(43)38-20-22-15-13-12-14-16-22)39-30(45)27-26-23(36(26,8)9)21-42(27)32(47)29(34(2,3)4)40-33(48)41-35(5,6)7/h10,12-16,23-24,26-27,29H,1,11,17-21H2,2-9H3,(H,37,46)(H,38,43)(H,39,45)(H2,40,41,48)/t23-,24?,26-,27-,29+/m0/s1. The van der Waals surface area contributed by atoms with Crippen LogP contribution in [0.25, 0.3) is 0 Å². The number of allylic oxidation sites excluding steroid dienone is 1. The monoisotopic (exact) mass is 666 g/mol. The molecule has 1 saturated carbocycles. The molecule has 264 valence electrons. The average molecular weight is 667 g/mol. The Balaban J connectivity index is 1.69. The summed E-state index contributed by atoms with van der Waals surface area (Å²) in [6, 6.07) is 5.93. The van der Waals surface area contributed by atoms with Crippen molar-refractivity contribution in [1.29, 1.82) is 0 Å². The number of carbonyl (C=O) groups is 6. The highest BCUT2D eigenvalue weighted by molar-refractivity contribution is 6.38. The quantitative estimate of drug-likeness (QED) is 0.151. The number of piperidine rings is 1. The second-order valence-electron chi connectivity index (χ2n) is 15.6. The topological polar surface area (TPSA) is 166 Å². The van der Waals surface area contributed by atoms with Crippen molar-refractivity contribution >= 4 is 35.4 Å². The molecule has 1 unspecified atom stereocenters. The SMILES string of the molecule is C=CCCC(NC(=O)[C@@H]1[C@@H]2[C@H](CN1C(=O)[C@@H](NC(=O)NC(C)(C)C)C(C)(C)C)C2(C)C)C(=O)C(=O)NCCC(=O)NCc1ccccc1. The molecule has 1 aliphatic heterocycles. The maximum absolute atomic E-state index is 14.1. The molecule has 0 bridgehead atoms. The Morgan fingerprint density at radius 3 is 2.21 bits per heavy atom. The number of urea groups is 1. The van der Waals surface area contributed by atoms with E-state index in [9.17, 15) is 28.8 Å². The zero-order valence-electron chi connectivity index (χ0n) is 29.7. The number of carbonyl (C=O) groups excluding carboxylic acids is 6. The van der Waals surface area contributed by atoms with Gasteiger partial charge in [0, 0.05) is 31.6 Å². The highest BCUT2D eigenvalue weighted by Crippen LogP contribution is 2.65. The van der Waals surface area contributed by atoms with Crippen molar-refractivity contribution in [3.63, 3.8) is 0 Å². The van der Waals surface area contributed by atoms with E-state index in [2.05, 4.69) is 33.2 Å². The zero-order valence-corrected chi connectivity index (χ0v) is 29.7. The van der Waals surface area contributed by atoms with E-state index < -0.39 is 52.7 Å². The zero-order chi connectivity index (χ0) is 36.0. The molecule has 1 heterocycles. The summed E-state index contributed by atoms with van der Waals surface area (Å²) >= 11 is 0. The van der Waals surface area contributed by atoms with E-state index in [0.29, 0.717) is 19.5 Å². The van der Waals surface area contributed by atoms with Crippen LogP contribution < -0.4 is 26.6 Å². The summed E-state index contributed by atoms with van der Waals surface area (Å²) in [5.41, 5.74) is -0.461. The van der Waals surface area contributed by atoms with Gasteiger partial charge in [-0.2, -0.15) is 0 Å². The number of benzene rings is 1. The van der Waals surface area contributed by atoms with Crippen molar-refractivity contribution in [2.45, 2.75) is 105 Å². The molecule has 2 fully saturated rings. The fraction of sp³-hybridized carbons (Fsp3) is 0.611. The number of likely N-dealkylation sites (tertiary alicyclic amines) is 1. The maximum atomic E-state index is 14.1. The van der Waals surface area contributed by atoms with Gasteiger partial charge in [-0.3, -0.25) is 24.0 Å². The fourth-order valence-corrected chi connectivity index (χ4v) is 6.37. The molecule has 1 saturated heterocycles. The summed E-state index contributed by atoms with van der Waals surface area (Å²) in [6.45, 7) is 19.5. The molecule has 0 radical (unpaired) electrons. The third-order valence-electron chi connectivity index (χ3n) is 9.12. The second-order valence-corrected chi connectivity index (χ2v) is 15.6. The number of fused-ring (bicyclic) bond motifs is 1. The molecular formula is C36H54N6O6. The average Bonchev–Trinajstić information content (AvgIpc) is 3.30. The van der Waals surface area contributed by atoms with Gasteiger partial charge >= 0.3 is 6.03 Å². The predicted molar refractivity (Wildman–Crippen MR) is 183 cm³/mol. The van der Waals surface area contributed by atoms with Gasteiger partial charge in [-0.1, -0.05) is 71.0 Å². The molecule has 12 heteroatoms. The number of nitrogens with zero attached hydrogens (tertiary/aromatic N) is 1. The summed E-state index contributed by atoms with van der Waals surface area (Å²) in [4.78, 5) is 80.9. The van der Waals surface area contributed by atoms with Gasteiger partial charge < -0.3 is 31.5 Å². The van der Waals surface area contributed by atoms with Crippen LogP contribution in [0.4, 0.5) is 4.79 Å². The summed E-state index contributed by atoms with van der Waals surface area (Å²) in [5, 5.41) is 13.7. The Morgan fingerprint density at radius 1 is 0.979 bits per heavy atom. The number of hydrogen-bond donors (Lipinski definition) is 5. The van der Waals surface area contributed by atoms with Crippen LogP contribution in [0.2, 0.25) is 0 Å². The van der Waals surface area contributed by atoms with Crippen LogP contribution in [0.3, 0.4) is 0 Å². The first kappa shape index (κ1) is 38.2. The third kappa shape index (κ3) is 9.90. The van der Waals surface area contributed by atoms with Gasteiger partial charge in [-0.05, 0) is 61.8 Å². The van der Waals surface area contributed by atoms with Gasteiger partial charge in [0.05, 0.1) is 6.04 Å². The molecule has 2 aliphatic rings. The maximum Gasteiger partial charge on any atom is 0.315 e. The van der Waals surface area contributed by atoms with Crippen molar-refractivity contribution in [3.8, 4) is 0 Å². The molecule has 6 amide bonds. The van der Waals surface area contributed by atoms with E-state index in [4.69, 9.17) is 0 Å². The summed E-state index contributed by atoms with van der Waals surface area (Å²) in [5.74, 6) is -3.02. The van der Waals surface area contributed by atoms with Crippen LogP contribution in [-0.2, 0) is 30.5 Å². The van der Waals surface area contributed by atoms with E-state index in [1.165, 1.54) is 4.90 Å². The fourth-order valence-electron chi connectivity index (χ4n) is 6.37. The lowest BCUT2D eigenvalue weighted by Crippen LogP contribution is -2.62. The van der Waals surface area contributed by atoms with E-state index in [1.807, 2.05) is 85.7 Å². The number of Topliss-reactive ketones (excluding diaryl/α,β-unsaturated/α-hetero) is 1. The summed E-state index contributed by atoms with van der Waals surface area (Å²) in [6.07, 6.45) is 2.06. The van der Waals surface area contributed by atoms with E-state index in [1.54, 1.807) is 6.08 Å². The van der Waals surface area contributed by atoms with E-state index in [-0.39, 0.29) is 48.5 Å². The van der Waals surface area contributed by atoms with Gasteiger partial charge in [0.2, 0.25) is 23.5 Å². The highest BCUT2D eigenvalue weighted by atomic mass is 16.2. The Morgan fingerprint density at radius 2 is 1.62 bits per heavy atom. The van der Waals surface area contributed by atoms with Crippen LogP contribution in [0.5, 0.6) is 0 Å². The van der Waals surface area contributed by atoms with Crippen LogP contribution in [0.1, 0.15) is 80.2 Å². The minimum atomic E-state index is -1.16. The van der Waals surface area contributed by atoms with E-state index in [0.717, 1.165) is 5.56 Å². The van der Waals surface area contributed by atoms with Gasteiger partial charge in [0.25, 0.3) is 5.91 Å². The number of hydrogen-bond acceptors (Lipinski definition) is 6. The molecule has 1 aliphatic carbocycles. The number of rotatable bonds is 14. The second kappa shape index (κ2) is 15.3. The van der Waals surface area contributed by atoms with Gasteiger partial charge in [0.15, 0.2) is 0 Å². The first-order chi connectivity index (χ1) is 22.3. The molecule has 1 aromatic rings. The Kier molecular flexibility index (Phi) is 12.2. The Bertz CT molecular complexity index is 1380. The van der Waals surface area contributed by atoms with Crippen LogP contribution in [0.15, 0.2) is 43.0 Å².